The monoisotopic (exact) mass is 368 g/mol. The number of carbonyl (C=O) groups excluding carboxylic acids is 1. The van der Waals surface area contributed by atoms with Crippen LogP contribution in [0.5, 0.6) is 5.75 Å². The molecule has 3 N–H and O–H groups in total. The van der Waals surface area contributed by atoms with Gasteiger partial charge in [0.1, 0.15) is 5.75 Å². The van der Waals surface area contributed by atoms with E-state index in [4.69, 9.17) is 22.1 Å². The molecule has 0 atom stereocenters. The van der Waals surface area contributed by atoms with Crippen molar-refractivity contribution < 1.29 is 9.53 Å². The number of para-hydroxylation sites is 2. The van der Waals surface area contributed by atoms with Gasteiger partial charge in [-0.05, 0) is 46.3 Å². The molecule has 2 aromatic carbocycles. The number of anilines is 2. The Morgan fingerprint density at radius 2 is 2.05 bits per heavy atom. The van der Waals surface area contributed by atoms with E-state index in [1.165, 1.54) is 0 Å². The molecule has 0 radical (unpaired) electrons. The standard InChI is InChI=1S/C15H14BrClN2O2/c16-11-6-5-10(9-12(11)17)19-15(20)7-8-21-14-4-2-1-3-13(14)18/h1-6,9H,7-8,18H2,(H,19,20). The van der Waals surface area contributed by atoms with Gasteiger partial charge >= 0.3 is 0 Å². The van der Waals surface area contributed by atoms with E-state index in [0.29, 0.717) is 22.1 Å². The van der Waals surface area contributed by atoms with Crippen LogP contribution in [0.4, 0.5) is 11.4 Å². The maximum atomic E-state index is 11.8. The fraction of sp³-hybridized carbons (Fsp3) is 0.133. The summed E-state index contributed by atoms with van der Waals surface area (Å²) in [6.45, 7) is 0.254. The molecule has 0 aliphatic carbocycles. The molecule has 2 rings (SSSR count). The Kier molecular flexibility index (Phi) is 5.47. The van der Waals surface area contributed by atoms with E-state index in [2.05, 4.69) is 21.2 Å². The molecule has 0 saturated carbocycles. The summed E-state index contributed by atoms with van der Waals surface area (Å²) in [5, 5.41) is 3.30. The van der Waals surface area contributed by atoms with Crippen LogP contribution in [0.15, 0.2) is 46.9 Å². The Balaban J connectivity index is 1.82. The molecule has 110 valence electrons. The topological polar surface area (TPSA) is 64.3 Å². The highest BCUT2D eigenvalue weighted by Crippen LogP contribution is 2.25. The lowest BCUT2D eigenvalue weighted by molar-refractivity contribution is -0.116. The van der Waals surface area contributed by atoms with Crippen molar-refractivity contribution in [1.29, 1.82) is 0 Å². The lowest BCUT2D eigenvalue weighted by Gasteiger charge is -2.09. The molecule has 0 fully saturated rings. The quantitative estimate of drug-likeness (QED) is 0.780. The van der Waals surface area contributed by atoms with E-state index in [9.17, 15) is 4.79 Å². The normalized spacial score (nSPS) is 10.2. The van der Waals surface area contributed by atoms with Gasteiger partial charge in [0.15, 0.2) is 0 Å². The van der Waals surface area contributed by atoms with Crippen molar-refractivity contribution >= 4 is 44.8 Å². The summed E-state index contributed by atoms with van der Waals surface area (Å²) in [4.78, 5) is 11.8. The highest BCUT2D eigenvalue weighted by atomic mass is 79.9. The van der Waals surface area contributed by atoms with E-state index in [1.54, 1.807) is 30.3 Å². The molecule has 0 spiro atoms. The minimum atomic E-state index is -0.150. The van der Waals surface area contributed by atoms with E-state index < -0.39 is 0 Å². The molecule has 0 heterocycles. The minimum Gasteiger partial charge on any atom is -0.491 e. The Labute approximate surface area is 136 Å². The number of amides is 1. The smallest absolute Gasteiger partial charge is 0.227 e. The Hall–Kier alpha value is -1.72. The highest BCUT2D eigenvalue weighted by Gasteiger charge is 2.06. The van der Waals surface area contributed by atoms with E-state index >= 15 is 0 Å². The molecule has 1 amide bonds. The van der Waals surface area contributed by atoms with Crippen LogP contribution in [0.25, 0.3) is 0 Å². The molecule has 0 aliphatic heterocycles. The van der Waals surface area contributed by atoms with Crippen molar-refractivity contribution in [2.75, 3.05) is 17.7 Å². The fourth-order valence-electron chi connectivity index (χ4n) is 1.66. The Morgan fingerprint density at radius 3 is 2.76 bits per heavy atom. The van der Waals surface area contributed by atoms with Gasteiger partial charge in [0.25, 0.3) is 0 Å². The average Bonchev–Trinajstić information content (AvgIpc) is 2.45. The third-order valence-electron chi connectivity index (χ3n) is 2.71. The van der Waals surface area contributed by atoms with Gasteiger partial charge in [0, 0.05) is 10.2 Å². The van der Waals surface area contributed by atoms with Crippen molar-refractivity contribution in [3.05, 3.63) is 52.0 Å². The lowest BCUT2D eigenvalue weighted by atomic mass is 10.3. The van der Waals surface area contributed by atoms with Crippen molar-refractivity contribution in [3.8, 4) is 5.75 Å². The first-order chi connectivity index (χ1) is 10.1. The number of halogens is 2. The maximum absolute atomic E-state index is 11.8. The maximum Gasteiger partial charge on any atom is 0.227 e. The van der Waals surface area contributed by atoms with Crippen molar-refractivity contribution in [1.82, 2.24) is 0 Å². The second kappa shape index (κ2) is 7.33. The third-order valence-corrected chi connectivity index (χ3v) is 3.94. The first-order valence-electron chi connectivity index (χ1n) is 6.28. The van der Waals surface area contributed by atoms with Gasteiger partial charge in [-0.3, -0.25) is 4.79 Å². The second-order valence-corrected chi connectivity index (χ2v) is 5.57. The van der Waals surface area contributed by atoms with Crippen LogP contribution in [0.1, 0.15) is 6.42 Å². The summed E-state index contributed by atoms with van der Waals surface area (Å²) in [6, 6.07) is 12.4. The van der Waals surface area contributed by atoms with Gasteiger partial charge in [-0.15, -0.1) is 0 Å². The SMILES string of the molecule is Nc1ccccc1OCCC(=O)Nc1ccc(Br)c(Cl)c1. The number of ether oxygens (including phenoxy) is 1. The second-order valence-electron chi connectivity index (χ2n) is 4.31. The van der Waals surface area contributed by atoms with Crippen molar-refractivity contribution in [3.63, 3.8) is 0 Å². The Morgan fingerprint density at radius 1 is 1.29 bits per heavy atom. The number of nitrogens with one attached hydrogen (secondary N) is 1. The third kappa shape index (κ3) is 4.65. The minimum absolute atomic E-state index is 0.150. The van der Waals surface area contributed by atoms with Gasteiger partial charge in [-0.1, -0.05) is 23.7 Å². The van der Waals surface area contributed by atoms with Gasteiger partial charge in [0.05, 0.1) is 23.7 Å². The van der Waals surface area contributed by atoms with Gasteiger partial charge < -0.3 is 15.8 Å². The molecular weight excluding hydrogens is 356 g/mol. The summed E-state index contributed by atoms with van der Waals surface area (Å²) >= 11 is 9.26. The van der Waals surface area contributed by atoms with Crippen LogP contribution in [0.2, 0.25) is 5.02 Å². The van der Waals surface area contributed by atoms with Gasteiger partial charge in [-0.2, -0.15) is 0 Å². The summed E-state index contributed by atoms with van der Waals surface area (Å²) in [6.07, 6.45) is 0.224. The number of carbonyl (C=O) groups is 1. The van der Waals surface area contributed by atoms with Crippen LogP contribution in [-0.2, 0) is 4.79 Å². The zero-order chi connectivity index (χ0) is 15.2. The zero-order valence-corrected chi connectivity index (χ0v) is 13.4. The highest BCUT2D eigenvalue weighted by molar-refractivity contribution is 9.10. The molecule has 2 aromatic rings. The molecule has 0 aliphatic rings. The van der Waals surface area contributed by atoms with Gasteiger partial charge in [-0.25, -0.2) is 0 Å². The zero-order valence-electron chi connectivity index (χ0n) is 11.1. The number of hydrogen-bond acceptors (Lipinski definition) is 3. The fourth-order valence-corrected chi connectivity index (χ4v) is 2.09. The summed E-state index contributed by atoms with van der Waals surface area (Å²) in [7, 11) is 0. The molecule has 4 nitrogen and oxygen atoms in total. The van der Waals surface area contributed by atoms with Crippen LogP contribution in [-0.4, -0.2) is 12.5 Å². The largest absolute Gasteiger partial charge is 0.491 e. The van der Waals surface area contributed by atoms with Gasteiger partial charge in [0.2, 0.25) is 5.91 Å². The number of benzene rings is 2. The number of nitrogen functional groups attached to an aromatic ring is 1. The first-order valence-corrected chi connectivity index (χ1v) is 7.45. The van der Waals surface area contributed by atoms with Crippen LogP contribution in [0, 0.1) is 0 Å². The average molecular weight is 370 g/mol. The predicted octanol–water partition coefficient (Wildman–Crippen LogP) is 4.09. The molecule has 6 heteroatoms. The molecular formula is C15H14BrClN2O2. The summed E-state index contributed by atoms with van der Waals surface area (Å²) < 4.78 is 6.25. The molecule has 0 saturated heterocycles. The van der Waals surface area contributed by atoms with Crippen LogP contribution in [0.3, 0.4) is 0 Å². The Bertz CT molecular complexity index is 649. The number of nitrogens with two attached hydrogens (primary N) is 1. The molecule has 21 heavy (non-hydrogen) atoms. The predicted molar refractivity (Wildman–Crippen MR) is 88.7 cm³/mol. The van der Waals surface area contributed by atoms with E-state index in [-0.39, 0.29) is 18.9 Å². The van der Waals surface area contributed by atoms with E-state index in [1.807, 2.05) is 12.1 Å². The molecule has 0 unspecified atom stereocenters. The van der Waals surface area contributed by atoms with Crippen LogP contribution >= 0.6 is 27.5 Å². The lowest BCUT2D eigenvalue weighted by Crippen LogP contribution is -2.15. The van der Waals surface area contributed by atoms with Crippen LogP contribution < -0.4 is 15.8 Å². The number of hydrogen-bond donors (Lipinski definition) is 2. The number of rotatable bonds is 5. The summed E-state index contributed by atoms with van der Waals surface area (Å²) in [5.74, 6) is 0.430. The first kappa shape index (κ1) is 15.7. The van der Waals surface area contributed by atoms with Crippen molar-refractivity contribution in [2.45, 2.75) is 6.42 Å². The van der Waals surface area contributed by atoms with Crippen molar-refractivity contribution in [2.24, 2.45) is 0 Å². The summed E-state index contributed by atoms with van der Waals surface area (Å²) in [5.41, 5.74) is 6.95. The van der Waals surface area contributed by atoms with E-state index in [0.717, 1.165) is 4.47 Å². The molecule has 0 bridgehead atoms. The molecule has 0 aromatic heterocycles.